The molecule has 8 heteroatoms. The zero-order valence-electron chi connectivity index (χ0n) is 13.5. The lowest BCUT2D eigenvalue weighted by Gasteiger charge is -2.31. The summed E-state index contributed by atoms with van der Waals surface area (Å²) in [5.41, 5.74) is 0. The summed E-state index contributed by atoms with van der Waals surface area (Å²) in [4.78, 5) is 14.3. The van der Waals surface area contributed by atoms with Gasteiger partial charge in [-0.1, -0.05) is 0 Å². The topological polar surface area (TPSA) is 88.9 Å². The molecule has 23 heavy (non-hydrogen) atoms. The van der Waals surface area contributed by atoms with E-state index in [2.05, 4.69) is 4.72 Å². The number of hydrogen-bond donors (Lipinski definition) is 1. The Hall–Kier alpha value is -1.38. The molecule has 0 aliphatic carbocycles. The number of amides is 1. The zero-order valence-corrected chi connectivity index (χ0v) is 14.3. The fraction of sp³-hybridized carbons (Fsp3) is 0.667. The van der Waals surface area contributed by atoms with E-state index >= 15 is 0 Å². The number of carbonyl (C=O) groups excluding carboxylic acids is 1. The van der Waals surface area contributed by atoms with Gasteiger partial charge in [0.1, 0.15) is 5.76 Å². The second-order valence-electron chi connectivity index (χ2n) is 5.87. The van der Waals surface area contributed by atoms with Gasteiger partial charge in [-0.3, -0.25) is 4.79 Å². The lowest BCUT2D eigenvalue weighted by atomic mass is 9.97. The second-order valence-corrected chi connectivity index (χ2v) is 7.71. The maximum absolute atomic E-state index is 12.5. The highest BCUT2D eigenvalue weighted by molar-refractivity contribution is 7.88. The first-order valence-corrected chi connectivity index (χ1v) is 9.60. The van der Waals surface area contributed by atoms with Crippen LogP contribution in [0.15, 0.2) is 22.8 Å². The molecule has 0 spiro atoms. The molecule has 2 atom stereocenters. The zero-order chi connectivity index (χ0) is 16.9. The van der Waals surface area contributed by atoms with Crippen LogP contribution in [0.4, 0.5) is 0 Å². The van der Waals surface area contributed by atoms with E-state index in [9.17, 15) is 13.2 Å². The quantitative estimate of drug-likeness (QED) is 0.817. The van der Waals surface area contributed by atoms with Crippen LogP contribution in [0.1, 0.15) is 19.1 Å². The summed E-state index contributed by atoms with van der Waals surface area (Å²) < 4.78 is 35.6. The molecule has 1 saturated heterocycles. The highest BCUT2D eigenvalue weighted by Crippen LogP contribution is 2.20. The van der Waals surface area contributed by atoms with Gasteiger partial charge in [-0.25, -0.2) is 13.1 Å². The van der Waals surface area contributed by atoms with Crippen molar-refractivity contribution >= 4 is 15.9 Å². The molecule has 0 unspecified atom stereocenters. The lowest BCUT2D eigenvalue weighted by Crippen LogP contribution is -2.44. The van der Waals surface area contributed by atoms with Gasteiger partial charge in [-0.2, -0.15) is 0 Å². The molecule has 2 heterocycles. The molecular weight excluding hydrogens is 320 g/mol. The maximum atomic E-state index is 12.5. The summed E-state index contributed by atoms with van der Waals surface area (Å²) in [5.74, 6) is 0.731. The van der Waals surface area contributed by atoms with Gasteiger partial charge < -0.3 is 14.1 Å². The van der Waals surface area contributed by atoms with Crippen molar-refractivity contribution in [1.29, 1.82) is 0 Å². The van der Waals surface area contributed by atoms with Gasteiger partial charge in [0, 0.05) is 25.0 Å². The summed E-state index contributed by atoms with van der Waals surface area (Å²) >= 11 is 0. The van der Waals surface area contributed by atoms with Gasteiger partial charge in [0.2, 0.25) is 15.9 Å². The van der Waals surface area contributed by atoms with Gasteiger partial charge in [0.05, 0.1) is 32.2 Å². The normalized spacial score (nSPS) is 22.8. The van der Waals surface area contributed by atoms with Crippen molar-refractivity contribution in [1.82, 2.24) is 9.62 Å². The number of ether oxygens (including phenoxy) is 1. The van der Waals surface area contributed by atoms with Gasteiger partial charge in [-0.05, 0) is 25.5 Å². The average Bonchev–Trinajstić information content (AvgIpc) is 2.89. The third kappa shape index (κ3) is 5.63. The average molecular weight is 344 g/mol. The fourth-order valence-corrected chi connectivity index (χ4v) is 3.25. The highest BCUT2D eigenvalue weighted by Gasteiger charge is 2.30. The molecule has 1 aliphatic heterocycles. The Balaban J connectivity index is 1.95. The SMILES string of the molecule is C[C@@H]1[C@@H](CCNS(C)(=O)=O)COCCN1C(=O)Cc1ccco1. The van der Waals surface area contributed by atoms with Crippen molar-refractivity contribution in [3.05, 3.63) is 24.2 Å². The molecular formula is C15H24N2O5S. The minimum Gasteiger partial charge on any atom is -0.469 e. The third-order valence-electron chi connectivity index (χ3n) is 4.09. The third-order valence-corrected chi connectivity index (χ3v) is 4.82. The second kappa shape index (κ2) is 7.94. The molecule has 0 aromatic carbocycles. The Bertz CT molecular complexity index is 599. The van der Waals surface area contributed by atoms with Crippen molar-refractivity contribution < 1.29 is 22.4 Å². The van der Waals surface area contributed by atoms with Crippen molar-refractivity contribution in [3.63, 3.8) is 0 Å². The number of furan rings is 1. The van der Waals surface area contributed by atoms with Crippen molar-refractivity contribution in [3.8, 4) is 0 Å². The molecule has 0 saturated carbocycles. The van der Waals surface area contributed by atoms with E-state index < -0.39 is 10.0 Å². The number of sulfonamides is 1. The predicted molar refractivity (Wildman–Crippen MR) is 85.4 cm³/mol. The number of hydrogen-bond acceptors (Lipinski definition) is 5. The van der Waals surface area contributed by atoms with E-state index in [1.54, 1.807) is 23.3 Å². The van der Waals surface area contributed by atoms with Crippen molar-refractivity contribution in [2.45, 2.75) is 25.8 Å². The van der Waals surface area contributed by atoms with Crippen LogP contribution in [0.2, 0.25) is 0 Å². The van der Waals surface area contributed by atoms with Crippen LogP contribution in [0.5, 0.6) is 0 Å². The fourth-order valence-electron chi connectivity index (χ4n) is 2.76. The standard InChI is InChI=1S/C15H24N2O5S/c1-12-13(5-6-16-23(2,19)20)11-21-9-7-17(12)15(18)10-14-4-3-8-22-14/h3-4,8,12-13,16H,5-7,9-11H2,1-2H3/t12-,13+/m1/s1. The molecule has 0 radical (unpaired) electrons. The van der Waals surface area contributed by atoms with E-state index in [0.29, 0.717) is 38.5 Å². The minimum atomic E-state index is -3.20. The van der Waals surface area contributed by atoms with Crippen LogP contribution in [0, 0.1) is 5.92 Å². The van der Waals surface area contributed by atoms with Crippen LogP contribution in [-0.4, -0.2) is 57.8 Å². The molecule has 1 aromatic heterocycles. The number of nitrogens with one attached hydrogen (secondary N) is 1. The van der Waals surface area contributed by atoms with E-state index in [0.717, 1.165) is 6.26 Å². The van der Waals surface area contributed by atoms with Gasteiger partial charge in [0.15, 0.2) is 0 Å². The molecule has 7 nitrogen and oxygen atoms in total. The van der Waals surface area contributed by atoms with E-state index in [1.807, 2.05) is 6.92 Å². The van der Waals surface area contributed by atoms with Crippen molar-refractivity contribution in [2.75, 3.05) is 32.6 Å². The van der Waals surface area contributed by atoms with Crippen LogP contribution in [0.3, 0.4) is 0 Å². The Morgan fingerprint density at radius 2 is 2.26 bits per heavy atom. The van der Waals surface area contributed by atoms with Gasteiger partial charge >= 0.3 is 0 Å². The van der Waals surface area contributed by atoms with E-state index in [4.69, 9.17) is 9.15 Å². The largest absolute Gasteiger partial charge is 0.469 e. The first-order chi connectivity index (χ1) is 10.9. The predicted octanol–water partition coefficient (Wildman–Crippen LogP) is 0.625. The molecule has 1 fully saturated rings. The first kappa shape index (κ1) is 18.0. The Labute approximate surface area is 137 Å². The number of carbonyl (C=O) groups is 1. The highest BCUT2D eigenvalue weighted by atomic mass is 32.2. The molecule has 1 aliphatic rings. The van der Waals surface area contributed by atoms with E-state index in [-0.39, 0.29) is 24.3 Å². The number of nitrogens with zero attached hydrogens (tertiary/aromatic N) is 1. The summed E-state index contributed by atoms with van der Waals surface area (Å²) in [5, 5.41) is 0. The monoisotopic (exact) mass is 344 g/mol. The molecule has 1 N–H and O–H groups in total. The van der Waals surface area contributed by atoms with Crippen LogP contribution >= 0.6 is 0 Å². The molecule has 1 aromatic rings. The van der Waals surface area contributed by atoms with Gasteiger partial charge in [0.25, 0.3) is 0 Å². The van der Waals surface area contributed by atoms with Crippen LogP contribution in [-0.2, 0) is 26.0 Å². The minimum absolute atomic E-state index is 0.000905. The smallest absolute Gasteiger partial charge is 0.230 e. The number of rotatable bonds is 6. The summed E-state index contributed by atoms with van der Waals surface area (Å²) in [7, 11) is -3.20. The Morgan fingerprint density at radius 3 is 2.91 bits per heavy atom. The molecule has 130 valence electrons. The molecule has 1 amide bonds. The van der Waals surface area contributed by atoms with E-state index in [1.165, 1.54) is 0 Å². The Morgan fingerprint density at radius 1 is 1.48 bits per heavy atom. The van der Waals surface area contributed by atoms with Crippen molar-refractivity contribution in [2.24, 2.45) is 5.92 Å². The lowest BCUT2D eigenvalue weighted by molar-refractivity contribution is -0.133. The summed E-state index contributed by atoms with van der Waals surface area (Å²) in [6.45, 7) is 3.88. The summed E-state index contributed by atoms with van der Waals surface area (Å²) in [6.07, 6.45) is 3.54. The van der Waals surface area contributed by atoms with Crippen LogP contribution in [0.25, 0.3) is 0 Å². The Kier molecular flexibility index (Phi) is 6.20. The summed E-state index contributed by atoms with van der Waals surface area (Å²) in [6, 6.07) is 3.53. The van der Waals surface area contributed by atoms with Gasteiger partial charge in [-0.15, -0.1) is 0 Å². The van der Waals surface area contributed by atoms with Crippen LogP contribution < -0.4 is 4.72 Å². The first-order valence-electron chi connectivity index (χ1n) is 7.71. The molecule has 0 bridgehead atoms. The molecule has 2 rings (SSSR count). The maximum Gasteiger partial charge on any atom is 0.230 e.